The minimum absolute atomic E-state index is 0.0363. The van der Waals surface area contributed by atoms with E-state index < -0.39 is 0 Å². The maximum atomic E-state index is 11.8. The van der Waals surface area contributed by atoms with Crippen LogP contribution in [0.1, 0.15) is 12.0 Å². The summed E-state index contributed by atoms with van der Waals surface area (Å²) in [6.07, 6.45) is 0.470. The van der Waals surface area contributed by atoms with Gasteiger partial charge in [0.1, 0.15) is 0 Å². The van der Waals surface area contributed by atoms with Gasteiger partial charge in [-0.1, -0.05) is 15.9 Å². The second-order valence-corrected chi connectivity index (χ2v) is 5.54. The van der Waals surface area contributed by atoms with Crippen molar-refractivity contribution in [2.75, 3.05) is 25.0 Å². The lowest BCUT2D eigenvalue weighted by Crippen LogP contribution is -2.32. The second kappa shape index (κ2) is 5.82. The molecule has 1 heterocycles. The number of hydrogen-bond acceptors (Lipinski definition) is 3. The molecule has 1 aromatic carbocycles. The lowest BCUT2D eigenvalue weighted by molar-refractivity contribution is -0.117. The number of β-amino-alcohol motifs (C(OH)–C–C–N with tert-alkyl or cyclic N) is 1. The first kappa shape index (κ1) is 13.5. The lowest BCUT2D eigenvalue weighted by Gasteiger charge is -2.14. The van der Waals surface area contributed by atoms with Crippen LogP contribution < -0.4 is 5.32 Å². The minimum atomic E-state index is -0.285. The van der Waals surface area contributed by atoms with Crippen molar-refractivity contribution in [3.63, 3.8) is 0 Å². The van der Waals surface area contributed by atoms with Crippen molar-refractivity contribution in [3.8, 4) is 0 Å². The maximum Gasteiger partial charge on any atom is 0.238 e. The Bertz CT molecular complexity index is 451. The van der Waals surface area contributed by atoms with Crippen molar-refractivity contribution < 1.29 is 9.90 Å². The normalized spacial score (nSPS) is 20.1. The van der Waals surface area contributed by atoms with Crippen LogP contribution in [0.2, 0.25) is 0 Å². The molecule has 1 atom stereocenters. The van der Waals surface area contributed by atoms with E-state index in [0.717, 1.165) is 28.7 Å². The van der Waals surface area contributed by atoms with Crippen molar-refractivity contribution in [3.05, 3.63) is 28.2 Å². The van der Waals surface area contributed by atoms with Crippen molar-refractivity contribution >= 4 is 27.5 Å². The molecule has 98 valence electrons. The maximum absolute atomic E-state index is 11.8. The summed E-state index contributed by atoms with van der Waals surface area (Å²) in [7, 11) is 0. The van der Waals surface area contributed by atoms with Crippen LogP contribution >= 0.6 is 15.9 Å². The monoisotopic (exact) mass is 312 g/mol. The summed E-state index contributed by atoms with van der Waals surface area (Å²) in [5, 5.41) is 12.3. The van der Waals surface area contributed by atoms with E-state index in [0.29, 0.717) is 13.1 Å². The third-order valence-electron chi connectivity index (χ3n) is 3.06. The number of nitrogens with zero attached hydrogens (tertiary/aromatic N) is 1. The van der Waals surface area contributed by atoms with E-state index in [9.17, 15) is 9.90 Å². The Hall–Kier alpha value is -0.910. The van der Waals surface area contributed by atoms with Gasteiger partial charge in [0.25, 0.3) is 0 Å². The predicted molar refractivity (Wildman–Crippen MR) is 74.6 cm³/mol. The molecule has 0 spiro atoms. The van der Waals surface area contributed by atoms with Gasteiger partial charge >= 0.3 is 0 Å². The molecule has 1 aliphatic rings. The molecule has 1 aliphatic heterocycles. The van der Waals surface area contributed by atoms with Gasteiger partial charge in [-0.3, -0.25) is 9.69 Å². The summed E-state index contributed by atoms with van der Waals surface area (Å²) in [5.74, 6) is -0.0363. The van der Waals surface area contributed by atoms with Crippen LogP contribution in [0.5, 0.6) is 0 Å². The standard InChI is InChI=1S/C13H17BrN2O2/c1-9-6-10(2-3-12(9)14)15-13(18)8-16-5-4-11(17)7-16/h2-3,6,11,17H,4-5,7-8H2,1H3,(H,15,18)/t11-/m1/s1. The number of likely N-dealkylation sites (tertiary alicyclic amines) is 1. The third kappa shape index (κ3) is 3.54. The molecule has 5 heteroatoms. The topological polar surface area (TPSA) is 52.6 Å². The summed E-state index contributed by atoms with van der Waals surface area (Å²) in [6, 6.07) is 5.72. The van der Waals surface area contributed by atoms with E-state index in [1.54, 1.807) is 0 Å². The Labute approximate surface area is 115 Å². The number of rotatable bonds is 3. The fourth-order valence-electron chi connectivity index (χ4n) is 2.08. The quantitative estimate of drug-likeness (QED) is 0.894. The van der Waals surface area contributed by atoms with Gasteiger partial charge in [-0.2, -0.15) is 0 Å². The fourth-order valence-corrected chi connectivity index (χ4v) is 2.33. The minimum Gasteiger partial charge on any atom is -0.392 e. The molecule has 2 rings (SSSR count). The Morgan fingerprint density at radius 3 is 3.00 bits per heavy atom. The first-order chi connectivity index (χ1) is 8.54. The fraction of sp³-hybridized carbons (Fsp3) is 0.462. The third-order valence-corrected chi connectivity index (χ3v) is 3.95. The zero-order valence-electron chi connectivity index (χ0n) is 10.3. The number of nitrogens with one attached hydrogen (secondary N) is 1. The number of aryl methyl sites for hydroxylation is 1. The first-order valence-corrected chi connectivity index (χ1v) is 6.80. The van der Waals surface area contributed by atoms with Crippen LogP contribution in [0.25, 0.3) is 0 Å². The molecule has 1 amide bonds. The van der Waals surface area contributed by atoms with Gasteiger partial charge in [-0.25, -0.2) is 0 Å². The van der Waals surface area contributed by atoms with Crippen LogP contribution in [0, 0.1) is 6.92 Å². The van der Waals surface area contributed by atoms with Crippen molar-refractivity contribution in [1.29, 1.82) is 0 Å². The molecule has 1 saturated heterocycles. The highest BCUT2D eigenvalue weighted by Gasteiger charge is 2.21. The molecule has 0 saturated carbocycles. The van der Waals surface area contributed by atoms with Crippen LogP contribution in [0.15, 0.2) is 22.7 Å². The Kier molecular flexibility index (Phi) is 4.37. The summed E-state index contributed by atoms with van der Waals surface area (Å²) in [4.78, 5) is 13.8. The van der Waals surface area contributed by atoms with Crippen LogP contribution in [-0.2, 0) is 4.79 Å². The summed E-state index contributed by atoms with van der Waals surface area (Å²) >= 11 is 3.42. The average Bonchev–Trinajstić information content (AvgIpc) is 2.69. The van der Waals surface area contributed by atoms with Crippen LogP contribution in [-0.4, -0.2) is 41.7 Å². The number of halogens is 1. The molecule has 1 fully saturated rings. The van der Waals surface area contributed by atoms with Crippen molar-refractivity contribution in [1.82, 2.24) is 4.90 Å². The smallest absolute Gasteiger partial charge is 0.238 e. The van der Waals surface area contributed by atoms with Crippen LogP contribution in [0.3, 0.4) is 0 Å². The van der Waals surface area contributed by atoms with Gasteiger partial charge in [-0.15, -0.1) is 0 Å². The zero-order valence-corrected chi connectivity index (χ0v) is 11.9. The molecule has 0 aliphatic carbocycles. The molecule has 18 heavy (non-hydrogen) atoms. The van der Waals surface area contributed by atoms with E-state index in [1.807, 2.05) is 30.0 Å². The zero-order chi connectivity index (χ0) is 13.1. The van der Waals surface area contributed by atoms with Gasteiger partial charge in [-0.05, 0) is 37.1 Å². The number of amides is 1. The molecule has 1 aromatic rings. The lowest BCUT2D eigenvalue weighted by atomic mass is 10.2. The number of carbonyl (C=O) groups is 1. The molecule has 0 aromatic heterocycles. The largest absolute Gasteiger partial charge is 0.392 e. The molecule has 0 radical (unpaired) electrons. The van der Waals surface area contributed by atoms with Crippen LogP contribution in [0.4, 0.5) is 5.69 Å². The predicted octanol–water partition coefficient (Wildman–Crippen LogP) is 1.76. The number of aliphatic hydroxyl groups is 1. The molecule has 4 nitrogen and oxygen atoms in total. The first-order valence-electron chi connectivity index (χ1n) is 6.01. The van der Waals surface area contributed by atoms with Gasteiger partial charge in [0.2, 0.25) is 5.91 Å². The number of hydrogen-bond donors (Lipinski definition) is 2. The van der Waals surface area contributed by atoms with E-state index in [4.69, 9.17) is 0 Å². The van der Waals surface area contributed by atoms with E-state index in [1.165, 1.54) is 0 Å². The molecule has 2 N–H and O–H groups in total. The van der Waals surface area contributed by atoms with E-state index in [-0.39, 0.29) is 12.0 Å². The number of carbonyl (C=O) groups excluding carboxylic acids is 1. The summed E-state index contributed by atoms with van der Waals surface area (Å²) in [5.41, 5.74) is 1.89. The Balaban J connectivity index is 1.89. The average molecular weight is 313 g/mol. The SMILES string of the molecule is Cc1cc(NC(=O)CN2CC[C@@H](O)C2)ccc1Br. The second-order valence-electron chi connectivity index (χ2n) is 4.69. The number of anilines is 1. The van der Waals surface area contributed by atoms with Gasteiger partial charge in [0.05, 0.1) is 12.6 Å². The Morgan fingerprint density at radius 2 is 2.39 bits per heavy atom. The highest BCUT2D eigenvalue weighted by atomic mass is 79.9. The van der Waals surface area contributed by atoms with E-state index >= 15 is 0 Å². The highest BCUT2D eigenvalue weighted by molar-refractivity contribution is 9.10. The molecule has 0 unspecified atom stereocenters. The number of benzene rings is 1. The Morgan fingerprint density at radius 1 is 1.61 bits per heavy atom. The van der Waals surface area contributed by atoms with E-state index in [2.05, 4.69) is 21.2 Å². The summed E-state index contributed by atoms with van der Waals surface area (Å²) < 4.78 is 1.03. The van der Waals surface area contributed by atoms with Crippen molar-refractivity contribution in [2.24, 2.45) is 0 Å². The molecule has 0 bridgehead atoms. The highest BCUT2D eigenvalue weighted by Crippen LogP contribution is 2.20. The number of aliphatic hydroxyl groups excluding tert-OH is 1. The molecular weight excluding hydrogens is 296 g/mol. The van der Waals surface area contributed by atoms with Crippen molar-refractivity contribution in [2.45, 2.75) is 19.4 Å². The summed E-state index contributed by atoms with van der Waals surface area (Å²) in [6.45, 7) is 3.70. The van der Waals surface area contributed by atoms with Gasteiger partial charge in [0, 0.05) is 23.2 Å². The molecular formula is C13H17BrN2O2. The van der Waals surface area contributed by atoms with Gasteiger partial charge < -0.3 is 10.4 Å². The van der Waals surface area contributed by atoms with Gasteiger partial charge in [0.15, 0.2) is 0 Å².